The smallest absolute Gasteiger partial charge is 0.335 e. The quantitative estimate of drug-likeness (QED) is 0.405. The van der Waals surface area contributed by atoms with Gasteiger partial charge in [0.15, 0.2) is 0 Å². The summed E-state index contributed by atoms with van der Waals surface area (Å²) in [4.78, 5) is 23.0. The Labute approximate surface area is 193 Å². The van der Waals surface area contributed by atoms with Crippen LogP contribution in [0.25, 0.3) is 0 Å². The summed E-state index contributed by atoms with van der Waals surface area (Å²) in [5.74, 6) is -1.08. The van der Waals surface area contributed by atoms with Crippen LogP contribution in [0.15, 0.2) is 48.8 Å². The molecule has 0 saturated heterocycles. The van der Waals surface area contributed by atoms with Crippen molar-refractivity contribution < 1.29 is 31.8 Å². The average Bonchev–Trinajstić information content (AvgIpc) is 2.77. The second-order valence-corrected chi connectivity index (χ2v) is 8.89. The van der Waals surface area contributed by atoms with Gasteiger partial charge in [0.25, 0.3) is 6.43 Å². The fourth-order valence-electron chi connectivity index (χ4n) is 2.77. The second kappa shape index (κ2) is 10.8. The van der Waals surface area contributed by atoms with Crippen molar-refractivity contribution in [2.75, 3.05) is 28.2 Å². The van der Waals surface area contributed by atoms with Crippen LogP contribution in [-0.2, 0) is 16.6 Å². The molecule has 3 rings (SSSR count). The fraction of sp³-hybridized carbons (Fsp3) is 0.200. The maximum atomic E-state index is 13.5. The molecule has 14 heteroatoms. The number of nitrogens with zero attached hydrogens (tertiary/aromatic N) is 4. The van der Waals surface area contributed by atoms with Crippen LogP contribution in [0.5, 0.6) is 0 Å². The van der Waals surface area contributed by atoms with E-state index in [1.807, 2.05) is 0 Å². The molecule has 1 aromatic carbocycles. The molecule has 2 aromatic heterocycles. The summed E-state index contributed by atoms with van der Waals surface area (Å²) in [5, 5.41) is 14.6. The van der Waals surface area contributed by atoms with Crippen molar-refractivity contribution in [1.29, 1.82) is 0 Å². The first-order valence-electron chi connectivity index (χ1n) is 9.43. The molecule has 34 heavy (non-hydrogen) atoms. The SMILES string of the molecule is CN(c1ncccc1CNc1nc(Nc2ccc(C(=O)O)cc2)ncc1C(F)F)S(C)(=O)=O.F. The molecule has 0 fully saturated rings. The van der Waals surface area contributed by atoms with Crippen molar-refractivity contribution in [3.05, 3.63) is 65.5 Å². The van der Waals surface area contributed by atoms with Crippen molar-refractivity contribution in [2.45, 2.75) is 13.0 Å². The van der Waals surface area contributed by atoms with Crippen LogP contribution in [0.1, 0.15) is 27.9 Å². The summed E-state index contributed by atoms with van der Waals surface area (Å²) in [6.07, 6.45) is 0.566. The van der Waals surface area contributed by atoms with E-state index in [-0.39, 0.29) is 34.4 Å². The number of nitrogens with one attached hydrogen (secondary N) is 2. The summed E-state index contributed by atoms with van der Waals surface area (Å²) in [5.41, 5.74) is 0.551. The second-order valence-electron chi connectivity index (χ2n) is 6.88. The predicted octanol–water partition coefficient (Wildman–Crippen LogP) is 3.41. The zero-order chi connectivity index (χ0) is 24.2. The highest BCUT2D eigenvalue weighted by atomic mass is 32.2. The number of carboxylic acid groups (broad SMARTS) is 1. The topological polar surface area (TPSA) is 137 Å². The lowest BCUT2D eigenvalue weighted by molar-refractivity contribution is 0.0697. The third-order valence-corrected chi connectivity index (χ3v) is 5.72. The lowest BCUT2D eigenvalue weighted by Gasteiger charge is -2.19. The molecular weight excluding hydrogens is 477 g/mol. The zero-order valence-electron chi connectivity index (χ0n) is 17.9. The zero-order valence-corrected chi connectivity index (χ0v) is 18.8. The highest BCUT2D eigenvalue weighted by Crippen LogP contribution is 2.28. The number of alkyl halides is 2. The Bertz CT molecular complexity index is 1260. The van der Waals surface area contributed by atoms with Gasteiger partial charge in [0.2, 0.25) is 16.0 Å². The van der Waals surface area contributed by atoms with Gasteiger partial charge in [0.1, 0.15) is 11.6 Å². The molecule has 3 N–H and O–H groups in total. The molecule has 0 spiro atoms. The third kappa shape index (κ3) is 6.31. The van der Waals surface area contributed by atoms with Crippen molar-refractivity contribution in [1.82, 2.24) is 15.0 Å². The minimum absolute atomic E-state index is 0. The number of pyridine rings is 1. The lowest BCUT2D eigenvalue weighted by atomic mass is 10.2. The van der Waals surface area contributed by atoms with Crippen LogP contribution >= 0.6 is 0 Å². The maximum Gasteiger partial charge on any atom is 0.335 e. The number of benzene rings is 1. The van der Waals surface area contributed by atoms with Gasteiger partial charge in [-0.25, -0.2) is 32.0 Å². The summed E-state index contributed by atoms with van der Waals surface area (Å²) in [7, 11) is -2.24. The molecule has 0 atom stereocenters. The van der Waals surface area contributed by atoms with Crippen molar-refractivity contribution in [3.63, 3.8) is 0 Å². The molecule has 0 aliphatic heterocycles. The first-order chi connectivity index (χ1) is 15.6. The number of aromatic nitrogens is 3. The highest BCUT2D eigenvalue weighted by molar-refractivity contribution is 7.92. The van der Waals surface area contributed by atoms with Crippen LogP contribution in [0.4, 0.5) is 36.8 Å². The average molecular weight is 498 g/mol. The molecule has 0 bridgehead atoms. The molecular formula is C20H21F3N6O4S. The van der Waals surface area contributed by atoms with E-state index in [4.69, 9.17) is 5.11 Å². The van der Waals surface area contributed by atoms with Crippen LogP contribution in [-0.4, -0.2) is 47.7 Å². The Kier molecular flexibility index (Phi) is 8.35. The molecule has 2 heterocycles. The minimum Gasteiger partial charge on any atom is -0.478 e. The van der Waals surface area contributed by atoms with Crippen LogP contribution in [0.2, 0.25) is 0 Å². The number of anilines is 4. The molecule has 0 unspecified atom stereocenters. The van der Waals surface area contributed by atoms with E-state index in [9.17, 15) is 22.0 Å². The summed E-state index contributed by atoms with van der Waals surface area (Å²) in [6.45, 7) is -0.0352. The number of aromatic carboxylic acids is 1. The number of rotatable bonds is 9. The van der Waals surface area contributed by atoms with Crippen LogP contribution in [0, 0.1) is 0 Å². The van der Waals surface area contributed by atoms with Gasteiger partial charge < -0.3 is 15.7 Å². The number of hydrogen-bond acceptors (Lipinski definition) is 8. The first kappa shape index (κ1) is 26.3. The van der Waals surface area contributed by atoms with Gasteiger partial charge in [-0.15, -0.1) is 0 Å². The van der Waals surface area contributed by atoms with E-state index >= 15 is 0 Å². The Balaban J connectivity index is 0.00000408. The van der Waals surface area contributed by atoms with E-state index in [1.54, 1.807) is 12.1 Å². The van der Waals surface area contributed by atoms with Gasteiger partial charge in [0, 0.05) is 37.2 Å². The molecule has 0 amide bonds. The molecule has 0 saturated carbocycles. The normalized spacial score (nSPS) is 11.0. The number of carbonyl (C=O) groups is 1. The summed E-state index contributed by atoms with van der Waals surface area (Å²) >= 11 is 0. The van der Waals surface area contributed by atoms with Gasteiger partial charge in [0.05, 0.1) is 17.4 Å². The number of halogens is 3. The van der Waals surface area contributed by atoms with Crippen LogP contribution < -0.4 is 14.9 Å². The van der Waals surface area contributed by atoms with Crippen molar-refractivity contribution >= 4 is 39.3 Å². The molecule has 3 aromatic rings. The maximum absolute atomic E-state index is 13.5. The molecule has 0 aliphatic carbocycles. The number of carboxylic acids is 1. The molecule has 0 radical (unpaired) electrons. The van der Waals surface area contributed by atoms with Crippen molar-refractivity contribution in [3.8, 4) is 0 Å². The largest absolute Gasteiger partial charge is 0.478 e. The van der Waals surface area contributed by atoms with E-state index in [1.165, 1.54) is 37.5 Å². The number of sulfonamides is 1. The van der Waals surface area contributed by atoms with Gasteiger partial charge in [-0.05, 0) is 30.3 Å². The Morgan fingerprint density at radius 2 is 1.85 bits per heavy atom. The number of hydrogen-bond donors (Lipinski definition) is 3. The fourth-order valence-corrected chi connectivity index (χ4v) is 3.24. The highest BCUT2D eigenvalue weighted by Gasteiger charge is 2.19. The lowest BCUT2D eigenvalue weighted by Crippen LogP contribution is -2.27. The summed E-state index contributed by atoms with van der Waals surface area (Å²) < 4.78 is 51.8. The minimum atomic E-state index is -3.58. The van der Waals surface area contributed by atoms with E-state index in [0.717, 1.165) is 16.8 Å². The van der Waals surface area contributed by atoms with E-state index in [0.29, 0.717) is 11.3 Å². The van der Waals surface area contributed by atoms with Crippen LogP contribution in [0.3, 0.4) is 0 Å². The van der Waals surface area contributed by atoms with Gasteiger partial charge in [-0.3, -0.25) is 9.01 Å². The third-order valence-electron chi connectivity index (χ3n) is 4.55. The molecule has 0 aliphatic rings. The van der Waals surface area contributed by atoms with E-state index in [2.05, 4.69) is 25.6 Å². The molecule has 182 valence electrons. The summed E-state index contributed by atoms with van der Waals surface area (Å²) in [6, 6.07) is 8.94. The van der Waals surface area contributed by atoms with E-state index < -0.39 is 28.0 Å². The standard InChI is InChI=1S/C20H20F2N6O4S.FH/c1-28(33(2,31)32)18-13(4-3-9-23-18)10-24-17-15(16(21)22)11-25-20(27-17)26-14-7-5-12(6-8-14)19(29)30;/h3-9,11,16H,10H2,1-2H3,(H,29,30)(H2,24,25,26,27);1H. The Hall–Kier alpha value is -3.94. The monoisotopic (exact) mass is 498 g/mol. The van der Waals surface area contributed by atoms with Gasteiger partial charge in [-0.1, -0.05) is 6.07 Å². The Morgan fingerprint density at radius 3 is 2.44 bits per heavy atom. The van der Waals surface area contributed by atoms with Gasteiger partial charge in [-0.2, -0.15) is 4.98 Å². The molecule has 10 nitrogen and oxygen atoms in total. The predicted molar refractivity (Wildman–Crippen MR) is 121 cm³/mol. The Morgan fingerprint density at radius 1 is 1.18 bits per heavy atom. The van der Waals surface area contributed by atoms with Crippen molar-refractivity contribution in [2.24, 2.45) is 0 Å². The van der Waals surface area contributed by atoms with Gasteiger partial charge >= 0.3 is 5.97 Å². The first-order valence-corrected chi connectivity index (χ1v) is 11.3.